The number of benzene rings is 1. The summed E-state index contributed by atoms with van der Waals surface area (Å²) in [6.07, 6.45) is 8.25. The molecule has 0 spiro atoms. The van der Waals surface area contributed by atoms with Gasteiger partial charge in [-0.2, -0.15) is 0 Å². The van der Waals surface area contributed by atoms with Gasteiger partial charge < -0.3 is 0 Å². The zero-order valence-corrected chi connectivity index (χ0v) is 12.4. The third-order valence-corrected chi connectivity index (χ3v) is 4.03. The fourth-order valence-corrected chi connectivity index (χ4v) is 2.87. The first-order valence-electron chi connectivity index (χ1n) is 7.83. The molecule has 3 rings (SSSR count). The van der Waals surface area contributed by atoms with E-state index in [1.54, 1.807) is 0 Å². The maximum absolute atomic E-state index is 4.53. The van der Waals surface area contributed by atoms with E-state index in [4.69, 9.17) is 0 Å². The van der Waals surface area contributed by atoms with Gasteiger partial charge >= 0.3 is 0 Å². The first-order chi connectivity index (χ1) is 10.4. The van der Waals surface area contributed by atoms with Crippen molar-refractivity contribution in [2.24, 2.45) is 0 Å². The molecule has 2 nitrogen and oxygen atoms in total. The van der Waals surface area contributed by atoms with Gasteiger partial charge in [0, 0.05) is 18.3 Å². The standard InChI is InChI=1S/C19H22N2/c1-3-9-17(10-4-1)18(19-11-5-6-13-20-19)12-16-21-14-7-2-8-15-21/h1,3-6,9-13H,2,7-8,14-16H2/b18-12-. The van der Waals surface area contributed by atoms with Crippen LogP contribution in [0.3, 0.4) is 0 Å². The molecule has 0 atom stereocenters. The second kappa shape index (κ2) is 7.19. The Morgan fingerprint density at radius 3 is 2.43 bits per heavy atom. The Balaban J connectivity index is 1.85. The van der Waals surface area contributed by atoms with Crippen molar-refractivity contribution in [3.63, 3.8) is 0 Å². The molecule has 108 valence electrons. The SMILES string of the molecule is C(/CN1CCCCC1)=C(\c1ccccc1)c1ccccn1. The summed E-state index contributed by atoms with van der Waals surface area (Å²) < 4.78 is 0. The highest BCUT2D eigenvalue weighted by molar-refractivity contribution is 5.77. The Labute approximate surface area is 127 Å². The van der Waals surface area contributed by atoms with Gasteiger partial charge in [-0.3, -0.25) is 9.88 Å². The van der Waals surface area contributed by atoms with Crippen molar-refractivity contribution in [1.29, 1.82) is 0 Å². The van der Waals surface area contributed by atoms with Crippen LogP contribution >= 0.6 is 0 Å². The molecule has 0 unspecified atom stereocenters. The summed E-state index contributed by atoms with van der Waals surface area (Å²) in [5, 5.41) is 0. The summed E-state index contributed by atoms with van der Waals surface area (Å²) in [6, 6.07) is 16.7. The molecule has 1 aromatic carbocycles. The van der Waals surface area contributed by atoms with E-state index in [9.17, 15) is 0 Å². The largest absolute Gasteiger partial charge is 0.300 e. The predicted molar refractivity (Wildman–Crippen MR) is 88.0 cm³/mol. The van der Waals surface area contributed by atoms with Crippen LogP contribution in [0.15, 0.2) is 60.8 Å². The third kappa shape index (κ3) is 3.79. The van der Waals surface area contributed by atoms with E-state index in [2.05, 4.69) is 58.4 Å². The van der Waals surface area contributed by atoms with Gasteiger partial charge in [-0.25, -0.2) is 0 Å². The molecule has 0 saturated carbocycles. The summed E-state index contributed by atoms with van der Waals surface area (Å²) in [5.41, 5.74) is 3.54. The maximum atomic E-state index is 4.53. The van der Waals surface area contributed by atoms with Crippen molar-refractivity contribution in [1.82, 2.24) is 9.88 Å². The lowest BCUT2D eigenvalue weighted by atomic mass is 10.0. The minimum absolute atomic E-state index is 1.01. The first kappa shape index (κ1) is 14.0. The maximum Gasteiger partial charge on any atom is 0.0705 e. The van der Waals surface area contributed by atoms with E-state index in [0.29, 0.717) is 0 Å². The first-order valence-corrected chi connectivity index (χ1v) is 7.83. The number of hydrogen-bond acceptors (Lipinski definition) is 2. The van der Waals surface area contributed by atoms with Crippen LogP contribution in [-0.4, -0.2) is 29.5 Å². The van der Waals surface area contributed by atoms with Crippen LogP contribution in [0.2, 0.25) is 0 Å². The van der Waals surface area contributed by atoms with Gasteiger partial charge in [-0.1, -0.05) is 48.9 Å². The number of likely N-dealkylation sites (tertiary alicyclic amines) is 1. The lowest BCUT2D eigenvalue weighted by Crippen LogP contribution is -2.29. The Hall–Kier alpha value is -1.93. The van der Waals surface area contributed by atoms with E-state index in [1.807, 2.05) is 12.3 Å². The average molecular weight is 278 g/mol. The van der Waals surface area contributed by atoms with Gasteiger partial charge in [0.1, 0.15) is 0 Å². The van der Waals surface area contributed by atoms with Crippen molar-refractivity contribution in [2.75, 3.05) is 19.6 Å². The molecule has 1 aliphatic heterocycles. The second-order valence-electron chi connectivity index (χ2n) is 5.56. The summed E-state index contributed by atoms with van der Waals surface area (Å²) >= 11 is 0. The molecule has 0 aliphatic carbocycles. The highest BCUT2D eigenvalue weighted by Gasteiger charge is 2.10. The summed E-state index contributed by atoms with van der Waals surface area (Å²) in [7, 11) is 0. The van der Waals surface area contributed by atoms with E-state index < -0.39 is 0 Å². The van der Waals surface area contributed by atoms with Crippen LogP contribution in [0.1, 0.15) is 30.5 Å². The lowest BCUT2D eigenvalue weighted by molar-refractivity contribution is 0.252. The Morgan fingerprint density at radius 2 is 1.71 bits per heavy atom. The quantitative estimate of drug-likeness (QED) is 0.840. The Bertz CT molecular complexity index is 528. The van der Waals surface area contributed by atoms with Crippen LogP contribution in [0.4, 0.5) is 0 Å². The normalized spacial score (nSPS) is 16.9. The van der Waals surface area contributed by atoms with Gasteiger partial charge in [0.05, 0.1) is 5.69 Å². The fourth-order valence-electron chi connectivity index (χ4n) is 2.87. The number of rotatable bonds is 4. The van der Waals surface area contributed by atoms with Crippen LogP contribution in [0.5, 0.6) is 0 Å². The number of aromatic nitrogens is 1. The van der Waals surface area contributed by atoms with E-state index in [1.165, 1.54) is 43.5 Å². The minimum Gasteiger partial charge on any atom is -0.300 e. The zero-order chi connectivity index (χ0) is 14.3. The topological polar surface area (TPSA) is 16.1 Å². The van der Waals surface area contributed by atoms with Gasteiger partial charge in [0.2, 0.25) is 0 Å². The molecule has 1 aliphatic rings. The molecule has 0 radical (unpaired) electrons. The fraction of sp³-hybridized carbons (Fsp3) is 0.316. The minimum atomic E-state index is 1.01. The molecule has 0 N–H and O–H groups in total. The van der Waals surface area contributed by atoms with Gasteiger partial charge in [0.15, 0.2) is 0 Å². The summed E-state index contributed by atoms with van der Waals surface area (Å²) in [5.74, 6) is 0. The van der Waals surface area contributed by atoms with Gasteiger partial charge in [-0.05, 0) is 43.6 Å². The van der Waals surface area contributed by atoms with Crippen LogP contribution in [0, 0.1) is 0 Å². The molecule has 1 saturated heterocycles. The van der Waals surface area contributed by atoms with Crippen LogP contribution in [0.25, 0.3) is 5.57 Å². The molecule has 1 fully saturated rings. The van der Waals surface area contributed by atoms with E-state index >= 15 is 0 Å². The van der Waals surface area contributed by atoms with Crippen LogP contribution in [-0.2, 0) is 0 Å². The molecule has 2 heterocycles. The van der Waals surface area contributed by atoms with Crippen molar-refractivity contribution in [2.45, 2.75) is 19.3 Å². The summed E-state index contributed by atoms with van der Waals surface area (Å²) in [6.45, 7) is 3.46. The smallest absolute Gasteiger partial charge is 0.0705 e. The molecular formula is C19H22N2. The number of hydrogen-bond donors (Lipinski definition) is 0. The Kier molecular flexibility index (Phi) is 4.80. The molecule has 21 heavy (non-hydrogen) atoms. The molecule has 1 aromatic heterocycles. The Morgan fingerprint density at radius 1 is 0.952 bits per heavy atom. The lowest BCUT2D eigenvalue weighted by Gasteiger charge is -2.25. The van der Waals surface area contributed by atoms with Gasteiger partial charge in [-0.15, -0.1) is 0 Å². The highest BCUT2D eigenvalue weighted by atomic mass is 15.1. The van der Waals surface area contributed by atoms with Crippen molar-refractivity contribution in [3.05, 3.63) is 72.1 Å². The number of nitrogens with zero attached hydrogens (tertiary/aromatic N) is 2. The summed E-state index contributed by atoms with van der Waals surface area (Å²) in [4.78, 5) is 7.07. The monoisotopic (exact) mass is 278 g/mol. The predicted octanol–water partition coefficient (Wildman–Crippen LogP) is 4.00. The van der Waals surface area contributed by atoms with E-state index in [0.717, 1.165) is 12.2 Å². The van der Waals surface area contributed by atoms with E-state index in [-0.39, 0.29) is 0 Å². The molecule has 0 bridgehead atoms. The highest BCUT2D eigenvalue weighted by Crippen LogP contribution is 2.21. The molecule has 2 aromatic rings. The molecule has 2 heteroatoms. The molecule has 0 amide bonds. The average Bonchev–Trinajstić information content (AvgIpc) is 2.58. The zero-order valence-electron chi connectivity index (χ0n) is 12.4. The molecular weight excluding hydrogens is 256 g/mol. The van der Waals surface area contributed by atoms with Crippen molar-refractivity contribution < 1.29 is 0 Å². The number of pyridine rings is 1. The van der Waals surface area contributed by atoms with Crippen LogP contribution < -0.4 is 0 Å². The van der Waals surface area contributed by atoms with Crippen molar-refractivity contribution >= 4 is 5.57 Å². The second-order valence-corrected chi connectivity index (χ2v) is 5.56. The number of piperidine rings is 1. The van der Waals surface area contributed by atoms with Crippen molar-refractivity contribution in [3.8, 4) is 0 Å². The van der Waals surface area contributed by atoms with Gasteiger partial charge in [0.25, 0.3) is 0 Å². The third-order valence-electron chi connectivity index (χ3n) is 4.03.